The quantitative estimate of drug-likeness (QED) is 0.207. The van der Waals surface area contributed by atoms with Gasteiger partial charge in [0.1, 0.15) is 11.5 Å². The van der Waals surface area contributed by atoms with Crippen LogP contribution in [0.1, 0.15) is 45.6 Å². The smallest absolute Gasteiger partial charge is 0.337 e. The van der Waals surface area contributed by atoms with Crippen LogP contribution in [0.5, 0.6) is 0 Å². The van der Waals surface area contributed by atoms with Crippen LogP contribution in [-0.2, 0) is 4.79 Å². The molecule has 0 spiro atoms. The van der Waals surface area contributed by atoms with Crippen molar-refractivity contribution in [3.8, 4) is 0 Å². The molecule has 1 aromatic carbocycles. The molecule has 1 aliphatic rings. The summed E-state index contributed by atoms with van der Waals surface area (Å²) in [5.74, 6) is -0.874. The number of likely N-dealkylation sites (tertiary alicyclic amines) is 1. The Hall–Kier alpha value is -3.29. The van der Waals surface area contributed by atoms with Gasteiger partial charge in [0.25, 0.3) is 5.91 Å². The summed E-state index contributed by atoms with van der Waals surface area (Å²) in [6.45, 7) is 6.72. The molecule has 0 aliphatic carbocycles. The van der Waals surface area contributed by atoms with Gasteiger partial charge in [0.15, 0.2) is 0 Å². The summed E-state index contributed by atoms with van der Waals surface area (Å²) in [5.41, 5.74) is -0.0929. The highest BCUT2D eigenvalue weighted by Crippen LogP contribution is 2.31. The number of hydrogen-bond donors (Lipinski definition) is 1. The fourth-order valence-corrected chi connectivity index (χ4v) is 3.83. The van der Waals surface area contributed by atoms with Crippen LogP contribution < -0.4 is 0 Å². The maximum Gasteiger partial charge on any atom is 0.418 e. The summed E-state index contributed by atoms with van der Waals surface area (Å²) in [4.78, 5) is 18.6. The lowest BCUT2D eigenvalue weighted by atomic mass is 9.98. The lowest BCUT2D eigenvalue weighted by Gasteiger charge is -2.18. The molecule has 1 saturated heterocycles. The molecule has 0 bridgehead atoms. The number of alkyl halides is 3. The number of carbonyl (C=O) groups is 1. The number of hydrogen-bond acceptors (Lipinski definition) is 3. The van der Waals surface area contributed by atoms with Crippen LogP contribution in [0.4, 0.5) is 17.6 Å². The van der Waals surface area contributed by atoms with Gasteiger partial charge in [-0.2, -0.15) is 13.2 Å². The Labute approximate surface area is 197 Å². The molecule has 4 nitrogen and oxygen atoms in total. The minimum absolute atomic E-state index is 0.0499. The summed E-state index contributed by atoms with van der Waals surface area (Å²) < 4.78 is 55.2. The van der Waals surface area contributed by atoms with Gasteiger partial charge in [0, 0.05) is 25.2 Å². The first kappa shape index (κ1) is 27.0. The van der Waals surface area contributed by atoms with Crippen molar-refractivity contribution in [1.29, 1.82) is 5.41 Å². The standard InChI is InChI=1S/C26H29F4N3O/c1-5-18(19(6-2)15-31)14-23(26(28,29)30)17(4)32-24(7-3)25(34)33-12-11-21(16-33)20-9-8-10-22(27)13-20/h5-10,13-15,21,31H,11-12,16H2,1-4H3/b18-5+,19-6+,23-14+,24-7-,31-15?,32-17+. The first-order valence-electron chi connectivity index (χ1n) is 10.9. The van der Waals surface area contributed by atoms with E-state index in [1.807, 2.05) is 0 Å². The molecule has 2 rings (SSSR count). The van der Waals surface area contributed by atoms with Crippen molar-refractivity contribution in [3.63, 3.8) is 0 Å². The van der Waals surface area contributed by atoms with Gasteiger partial charge in [0.05, 0.1) is 11.3 Å². The van der Waals surface area contributed by atoms with Gasteiger partial charge in [-0.1, -0.05) is 30.4 Å². The molecular formula is C26H29F4N3O. The molecule has 1 heterocycles. The van der Waals surface area contributed by atoms with Crippen LogP contribution in [0.25, 0.3) is 0 Å². The fourth-order valence-electron chi connectivity index (χ4n) is 3.83. The Balaban J connectivity index is 2.32. The lowest BCUT2D eigenvalue weighted by molar-refractivity contribution is -0.126. The number of amides is 1. The van der Waals surface area contributed by atoms with Gasteiger partial charge < -0.3 is 10.3 Å². The molecule has 0 saturated carbocycles. The van der Waals surface area contributed by atoms with E-state index < -0.39 is 17.7 Å². The van der Waals surface area contributed by atoms with Gasteiger partial charge >= 0.3 is 6.18 Å². The van der Waals surface area contributed by atoms with Gasteiger partial charge in [-0.15, -0.1) is 0 Å². The van der Waals surface area contributed by atoms with E-state index in [4.69, 9.17) is 5.41 Å². The number of nitrogens with one attached hydrogen (secondary N) is 1. The number of allylic oxidation sites excluding steroid dienone is 7. The second kappa shape index (κ2) is 11.7. The summed E-state index contributed by atoms with van der Waals surface area (Å²) >= 11 is 0. The summed E-state index contributed by atoms with van der Waals surface area (Å²) in [6.07, 6.45) is 2.26. The Morgan fingerprint density at radius 2 is 1.82 bits per heavy atom. The average molecular weight is 476 g/mol. The first-order valence-corrected chi connectivity index (χ1v) is 10.9. The maximum atomic E-state index is 13.9. The molecule has 1 amide bonds. The van der Waals surface area contributed by atoms with Crippen molar-refractivity contribution in [1.82, 2.24) is 4.90 Å². The number of halogens is 4. The molecule has 1 aromatic rings. The lowest BCUT2D eigenvalue weighted by Crippen LogP contribution is -2.30. The number of aliphatic imine (C=N–C) groups is 1. The predicted octanol–water partition coefficient (Wildman–Crippen LogP) is 6.54. The number of carbonyl (C=O) groups excluding carboxylic acids is 1. The highest BCUT2D eigenvalue weighted by atomic mass is 19.4. The molecule has 0 aromatic heterocycles. The van der Waals surface area contributed by atoms with Crippen LogP contribution in [0.3, 0.4) is 0 Å². The van der Waals surface area contributed by atoms with Crippen molar-refractivity contribution in [2.24, 2.45) is 4.99 Å². The Bertz CT molecular complexity index is 1080. The van der Waals surface area contributed by atoms with Gasteiger partial charge in [-0.05, 0) is 69.0 Å². The van der Waals surface area contributed by atoms with E-state index in [0.29, 0.717) is 25.1 Å². The summed E-state index contributed by atoms with van der Waals surface area (Å²) in [6, 6.07) is 6.20. The van der Waals surface area contributed by atoms with E-state index in [1.54, 1.807) is 39.0 Å². The van der Waals surface area contributed by atoms with Crippen molar-refractivity contribution >= 4 is 17.8 Å². The van der Waals surface area contributed by atoms with E-state index in [9.17, 15) is 22.4 Å². The van der Waals surface area contributed by atoms with E-state index in [2.05, 4.69) is 4.99 Å². The fraction of sp³-hybridized carbons (Fsp3) is 0.346. The third kappa shape index (κ3) is 6.62. The molecule has 182 valence electrons. The third-order valence-electron chi connectivity index (χ3n) is 5.68. The van der Waals surface area contributed by atoms with Gasteiger partial charge in [-0.3, -0.25) is 4.79 Å². The highest BCUT2D eigenvalue weighted by molar-refractivity contribution is 6.04. The zero-order valence-corrected chi connectivity index (χ0v) is 19.7. The third-order valence-corrected chi connectivity index (χ3v) is 5.68. The van der Waals surface area contributed by atoms with Crippen LogP contribution in [-0.4, -0.2) is 42.0 Å². The monoisotopic (exact) mass is 475 g/mol. The average Bonchev–Trinajstić information content (AvgIpc) is 3.29. The Kier molecular flexibility index (Phi) is 9.29. The SMILES string of the molecule is C\C=C(/N=C(C)/C(=C\C(=C/C)C(\C=N)=C\C)C(F)(F)F)C(=O)N1CCC(c2cccc(F)c2)C1. The van der Waals surface area contributed by atoms with Crippen LogP contribution in [0.2, 0.25) is 0 Å². The zero-order valence-electron chi connectivity index (χ0n) is 19.7. The molecule has 8 heteroatoms. The topological polar surface area (TPSA) is 56.5 Å². The molecular weight excluding hydrogens is 446 g/mol. The summed E-state index contributed by atoms with van der Waals surface area (Å²) in [5, 5.41) is 7.43. The van der Waals surface area contributed by atoms with Gasteiger partial charge in [-0.25, -0.2) is 9.38 Å². The van der Waals surface area contributed by atoms with Crippen molar-refractivity contribution in [2.75, 3.05) is 13.1 Å². The van der Waals surface area contributed by atoms with Crippen molar-refractivity contribution in [2.45, 2.75) is 46.2 Å². The molecule has 1 fully saturated rings. The van der Waals surface area contributed by atoms with Crippen LogP contribution in [0.15, 0.2) is 76.0 Å². The second-order valence-corrected chi connectivity index (χ2v) is 7.85. The van der Waals surface area contributed by atoms with Crippen molar-refractivity contribution in [3.05, 3.63) is 82.4 Å². The number of benzene rings is 1. The van der Waals surface area contributed by atoms with E-state index in [-0.39, 0.29) is 28.7 Å². The normalized spacial score (nSPS) is 19.0. The maximum absolute atomic E-state index is 13.9. The number of rotatable bonds is 7. The van der Waals surface area contributed by atoms with Crippen molar-refractivity contribution < 1.29 is 22.4 Å². The second-order valence-electron chi connectivity index (χ2n) is 7.85. The Morgan fingerprint density at radius 1 is 1.15 bits per heavy atom. The largest absolute Gasteiger partial charge is 0.418 e. The molecule has 1 atom stereocenters. The Morgan fingerprint density at radius 3 is 2.35 bits per heavy atom. The van der Waals surface area contributed by atoms with Crippen LogP contribution in [0, 0.1) is 11.2 Å². The van der Waals surface area contributed by atoms with Gasteiger partial charge in [0.2, 0.25) is 0 Å². The summed E-state index contributed by atoms with van der Waals surface area (Å²) in [7, 11) is 0. The highest BCUT2D eigenvalue weighted by Gasteiger charge is 2.36. The number of nitrogens with zero attached hydrogens (tertiary/aromatic N) is 2. The molecule has 34 heavy (non-hydrogen) atoms. The minimum Gasteiger partial charge on any atom is -0.337 e. The molecule has 1 unspecified atom stereocenters. The van der Waals surface area contributed by atoms with E-state index >= 15 is 0 Å². The minimum atomic E-state index is -4.71. The molecule has 1 aliphatic heterocycles. The predicted molar refractivity (Wildman–Crippen MR) is 128 cm³/mol. The molecule has 0 radical (unpaired) electrons. The van der Waals surface area contributed by atoms with E-state index in [1.165, 1.54) is 36.1 Å². The first-order chi connectivity index (χ1) is 16.0. The van der Waals surface area contributed by atoms with Crippen LogP contribution >= 0.6 is 0 Å². The van der Waals surface area contributed by atoms with E-state index in [0.717, 1.165) is 17.9 Å². The zero-order chi connectivity index (χ0) is 25.5. The molecule has 1 N–H and O–H groups in total.